The SMILES string of the molecule is CCN(CCOC1CCCCC1)c1cccc(C)c1. The van der Waals surface area contributed by atoms with Gasteiger partial charge in [-0.1, -0.05) is 31.4 Å². The summed E-state index contributed by atoms with van der Waals surface area (Å²) in [6.07, 6.45) is 7.13. The molecular weight excluding hydrogens is 234 g/mol. The third-order valence-corrected chi connectivity index (χ3v) is 4.02. The molecule has 0 saturated heterocycles. The maximum atomic E-state index is 6.03. The van der Waals surface area contributed by atoms with E-state index in [-0.39, 0.29) is 0 Å². The van der Waals surface area contributed by atoms with Crippen molar-refractivity contribution in [3.63, 3.8) is 0 Å². The lowest BCUT2D eigenvalue weighted by Gasteiger charge is -2.26. The van der Waals surface area contributed by atoms with Crippen molar-refractivity contribution < 1.29 is 4.74 Å². The van der Waals surface area contributed by atoms with E-state index in [2.05, 4.69) is 43.0 Å². The molecule has 0 aromatic heterocycles. The Bertz CT molecular complexity index is 371. The number of benzene rings is 1. The smallest absolute Gasteiger partial charge is 0.0645 e. The fraction of sp³-hybridized carbons (Fsp3) is 0.647. The van der Waals surface area contributed by atoms with Gasteiger partial charge in [-0.25, -0.2) is 0 Å². The molecule has 0 bridgehead atoms. The number of anilines is 1. The van der Waals surface area contributed by atoms with Crippen molar-refractivity contribution in [3.8, 4) is 0 Å². The highest BCUT2D eigenvalue weighted by atomic mass is 16.5. The summed E-state index contributed by atoms with van der Waals surface area (Å²) in [5, 5.41) is 0. The van der Waals surface area contributed by atoms with E-state index in [0.29, 0.717) is 6.10 Å². The summed E-state index contributed by atoms with van der Waals surface area (Å²) >= 11 is 0. The summed E-state index contributed by atoms with van der Waals surface area (Å²) in [6, 6.07) is 8.73. The van der Waals surface area contributed by atoms with E-state index in [0.717, 1.165) is 19.7 Å². The van der Waals surface area contributed by atoms with Crippen molar-refractivity contribution in [3.05, 3.63) is 29.8 Å². The first-order valence-electron chi connectivity index (χ1n) is 7.73. The highest BCUT2D eigenvalue weighted by Gasteiger charge is 2.14. The lowest BCUT2D eigenvalue weighted by molar-refractivity contribution is 0.0327. The lowest BCUT2D eigenvalue weighted by atomic mass is 9.98. The van der Waals surface area contributed by atoms with Crippen molar-refractivity contribution >= 4 is 5.69 Å². The monoisotopic (exact) mass is 261 g/mol. The first kappa shape index (κ1) is 14.4. The number of ether oxygens (including phenoxy) is 1. The van der Waals surface area contributed by atoms with E-state index < -0.39 is 0 Å². The molecule has 1 aliphatic carbocycles. The van der Waals surface area contributed by atoms with Crippen LogP contribution in [-0.2, 0) is 4.74 Å². The van der Waals surface area contributed by atoms with E-state index in [1.807, 2.05) is 0 Å². The van der Waals surface area contributed by atoms with Crippen LogP contribution in [0.5, 0.6) is 0 Å². The highest BCUT2D eigenvalue weighted by molar-refractivity contribution is 5.48. The zero-order valence-electron chi connectivity index (χ0n) is 12.4. The molecule has 0 spiro atoms. The van der Waals surface area contributed by atoms with Crippen LogP contribution in [0.2, 0.25) is 0 Å². The van der Waals surface area contributed by atoms with Gasteiger partial charge >= 0.3 is 0 Å². The van der Waals surface area contributed by atoms with Crippen LogP contribution in [0.25, 0.3) is 0 Å². The van der Waals surface area contributed by atoms with Crippen LogP contribution >= 0.6 is 0 Å². The average Bonchev–Trinajstić information content (AvgIpc) is 2.45. The Morgan fingerprint density at radius 1 is 1.21 bits per heavy atom. The normalized spacial score (nSPS) is 16.5. The summed E-state index contributed by atoms with van der Waals surface area (Å²) in [4.78, 5) is 2.40. The van der Waals surface area contributed by atoms with Gasteiger partial charge in [0.25, 0.3) is 0 Å². The fourth-order valence-corrected chi connectivity index (χ4v) is 2.86. The van der Waals surface area contributed by atoms with Crippen LogP contribution in [0.3, 0.4) is 0 Å². The molecule has 1 saturated carbocycles. The molecule has 1 fully saturated rings. The molecule has 106 valence electrons. The molecule has 0 N–H and O–H groups in total. The Hall–Kier alpha value is -1.02. The summed E-state index contributed by atoms with van der Waals surface area (Å²) in [7, 11) is 0. The first-order valence-corrected chi connectivity index (χ1v) is 7.73. The lowest BCUT2D eigenvalue weighted by Crippen LogP contribution is -2.29. The molecule has 2 nitrogen and oxygen atoms in total. The molecule has 2 heteroatoms. The van der Waals surface area contributed by atoms with Crippen LogP contribution in [0.1, 0.15) is 44.6 Å². The maximum absolute atomic E-state index is 6.03. The quantitative estimate of drug-likeness (QED) is 0.762. The summed E-state index contributed by atoms with van der Waals surface area (Å²) in [6.45, 7) is 7.25. The molecule has 0 heterocycles. The Morgan fingerprint density at radius 3 is 2.68 bits per heavy atom. The van der Waals surface area contributed by atoms with Crippen molar-refractivity contribution in [1.29, 1.82) is 0 Å². The average molecular weight is 261 g/mol. The summed E-state index contributed by atoms with van der Waals surface area (Å²) in [5.74, 6) is 0. The van der Waals surface area contributed by atoms with Crippen molar-refractivity contribution in [2.75, 3.05) is 24.6 Å². The van der Waals surface area contributed by atoms with Gasteiger partial charge in [-0.15, -0.1) is 0 Å². The Balaban J connectivity index is 1.79. The predicted octanol–water partition coefficient (Wildman–Crippen LogP) is 4.17. The van der Waals surface area contributed by atoms with Gasteiger partial charge in [-0.3, -0.25) is 0 Å². The standard InChI is InChI=1S/C17H27NO/c1-3-18(16-9-7-8-15(2)14-16)12-13-19-17-10-5-4-6-11-17/h7-9,14,17H,3-6,10-13H2,1-2H3. The predicted molar refractivity (Wildman–Crippen MR) is 81.9 cm³/mol. The van der Waals surface area contributed by atoms with Gasteiger partial charge < -0.3 is 9.64 Å². The molecule has 19 heavy (non-hydrogen) atoms. The Labute approximate surface area is 117 Å². The van der Waals surface area contributed by atoms with E-state index in [1.165, 1.54) is 43.4 Å². The van der Waals surface area contributed by atoms with Gasteiger partial charge in [0.2, 0.25) is 0 Å². The van der Waals surface area contributed by atoms with Crippen molar-refractivity contribution in [2.45, 2.75) is 52.1 Å². The van der Waals surface area contributed by atoms with E-state index >= 15 is 0 Å². The number of likely N-dealkylation sites (N-methyl/N-ethyl adjacent to an activating group) is 1. The van der Waals surface area contributed by atoms with Crippen LogP contribution in [0, 0.1) is 6.92 Å². The van der Waals surface area contributed by atoms with Crippen LogP contribution in [-0.4, -0.2) is 25.8 Å². The van der Waals surface area contributed by atoms with E-state index in [9.17, 15) is 0 Å². The number of aryl methyl sites for hydroxylation is 1. The van der Waals surface area contributed by atoms with Crippen LogP contribution in [0.4, 0.5) is 5.69 Å². The molecule has 1 aliphatic rings. The number of hydrogen-bond acceptors (Lipinski definition) is 2. The third kappa shape index (κ3) is 4.54. The number of nitrogens with zero attached hydrogens (tertiary/aromatic N) is 1. The minimum atomic E-state index is 0.518. The third-order valence-electron chi connectivity index (χ3n) is 4.02. The highest BCUT2D eigenvalue weighted by Crippen LogP contribution is 2.20. The molecule has 0 aliphatic heterocycles. The molecule has 2 rings (SSSR count). The number of hydrogen-bond donors (Lipinski definition) is 0. The van der Waals surface area contributed by atoms with Gasteiger partial charge in [-0.2, -0.15) is 0 Å². The minimum Gasteiger partial charge on any atom is -0.376 e. The maximum Gasteiger partial charge on any atom is 0.0645 e. The second kappa shape index (κ2) is 7.54. The van der Waals surface area contributed by atoms with Gasteiger partial charge in [0.05, 0.1) is 12.7 Å². The van der Waals surface area contributed by atoms with E-state index in [4.69, 9.17) is 4.74 Å². The van der Waals surface area contributed by atoms with E-state index in [1.54, 1.807) is 0 Å². The summed E-state index contributed by atoms with van der Waals surface area (Å²) < 4.78 is 6.03. The van der Waals surface area contributed by atoms with Crippen LogP contribution in [0.15, 0.2) is 24.3 Å². The first-order chi connectivity index (χ1) is 9.29. The zero-order chi connectivity index (χ0) is 13.5. The van der Waals surface area contributed by atoms with Gasteiger partial charge in [0.15, 0.2) is 0 Å². The number of rotatable bonds is 6. The minimum absolute atomic E-state index is 0.518. The fourth-order valence-electron chi connectivity index (χ4n) is 2.86. The van der Waals surface area contributed by atoms with Gasteiger partial charge in [0.1, 0.15) is 0 Å². The second-order valence-corrected chi connectivity index (χ2v) is 5.55. The Morgan fingerprint density at radius 2 is 2.00 bits per heavy atom. The molecular formula is C17H27NO. The van der Waals surface area contributed by atoms with Crippen molar-refractivity contribution in [2.24, 2.45) is 0 Å². The molecule has 1 aromatic rings. The van der Waals surface area contributed by atoms with Crippen molar-refractivity contribution in [1.82, 2.24) is 0 Å². The van der Waals surface area contributed by atoms with Crippen LogP contribution < -0.4 is 4.90 Å². The van der Waals surface area contributed by atoms with Gasteiger partial charge in [-0.05, 0) is 44.4 Å². The van der Waals surface area contributed by atoms with Gasteiger partial charge in [0, 0.05) is 18.8 Å². The second-order valence-electron chi connectivity index (χ2n) is 5.55. The molecule has 0 unspecified atom stereocenters. The topological polar surface area (TPSA) is 12.5 Å². The Kier molecular flexibility index (Phi) is 5.71. The molecule has 1 aromatic carbocycles. The molecule has 0 atom stereocenters. The summed E-state index contributed by atoms with van der Waals surface area (Å²) in [5.41, 5.74) is 2.64. The molecule has 0 amide bonds. The molecule has 0 radical (unpaired) electrons. The zero-order valence-corrected chi connectivity index (χ0v) is 12.4. The largest absolute Gasteiger partial charge is 0.376 e.